The van der Waals surface area contributed by atoms with Crippen LogP contribution in [0, 0.1) is 29.6 Å². The molecular formula is C41H71F2O6P2S+. The molecule has 300 valence electrons. The van der Waals surface area contributed by atoms with Crippen molar-refractivity contribution in [2.45, 2.75) is 152 Å². The summed E-state index contributed by atoms with van der Waals surface area (Å²) in [4.78, 5) is 12.3. The molecule has 0 amide bonds. The summed E-state index contributed by atoms with van der Waals surface area (Å²) in [6.07, 6.45) is 1.47. The molecule has 2 rings (SSSR count). The first kappa shape index (κ1) is 50.6. The molecule has 6 nitrogen and oxygen atoms in total. The number of aliphatic hydroxyl groups is 2. The van der Waals surface area contributed by atoms with Crippen molar-refractivity contribution >= 4 is 33.7 Å². The first-order chi connectivity index (χ1) is 24.4. The van der Waals surface area contributed by atoms with E-state index in [9.17, 15) is 23.8 Å². The molecule has 4 unspecified atom stereocenters. The predicted molar refractivity (Wildman–Crippen MR) is 223 cm³/mol. The molecule has 1 aromatic rings. The largest absolute Gasteiger partial charge is 0.449 e. The minimum absolute atomic E-state index is 0.0153. The van der Waals surface area contributed by atoms with Crippen LogP contribution < -0.4 is 0 Å². The highest BCUT2D eigenvalue weighted by atomic mass is 32.6. The minimum Gasteiger partial charge on any atom is -0.449 e. The number of hydrogen-bond donors (Lipinski definition) is 2. The van der Waals surface area contributed by atoms with E-state index < -0.39 is 42.9 Å². The minimum atomic E-state index is -1.53. The third-order valence-corrected chi connectivity index (χ3v) is 8.47. The Morgan fingerprint density at radius 3 is 1.88 bits per heavy atom. The van der Waals surface area contributed by atoms with Crippen molar-refractivity contribution in [3.63, 3.8) is 0 Å². The summed E-state index contributed by atoms with van der Waals surface area (Å²) in [6, 6.07) is 8.18. The van der Waals surface area contributed by atoms with Gasteiger partial charge in [0.15, 0.2) is 30.7 Å². The maximum atomic E-state index is 14.7. The average molecular weight is 794 g/mol. The van der Waals surface area contributed by atoms with E-state index in [2.05, 4.69) is 55.0 Å². The number of benzene rings is 1. The number of carbonyl (C=O) groups is 1. The topological polar surface area (TPSA) is 85.2 Å². The van der Waals surface area contributed by atoms with Crippen LogP contribution >= 0.6 is 15.9 Å². The molecule has 52 heavy (non-hydrogen) atoms. The number of hydrogen-bond acceptors (Lipinski definition) is 7. The van der Waals surface area contributed by atoms with Crippen LogP contribution in [0.1, 0.15) is 126 Å². The Balaban J connectivity index is 0. The van der Waals surface area contributed by atoms with Crippen molar-refractivity contribution in [3.05, 3.63) is 71.9 Å². The SMILES string of the molecule is C=C(C)C.CCC[C@@H](O)[C@@H](O)C(OC(=O)c1ccccc1)/C(F)=C\[C@H](C)C(C)C.CCC[C@@H]1OC(C)(C)O[C@@H]1C(C)/C(F)=C\[C@@H](C)C(C)C.[3H][P+](P)=S. The predicted octanol–water partition coefficient (Wildman–Crippen LogP) is 11.5. The lowest BCUT2D eigenvalue weighted by Gasteiger charge is -2.26. The van der Waals surface area contributed by atoms with E-state index >= 15 is 0 Å². The number of carbonyl (C=O) groups excluding carboxylic acids is 1. The molecule has 2 N–H and O–H groups in total. The molecule has 1 saturated heterocycles. The van der Waals surface area contributed by atoms with Gasteiger partial charge in [-0.25, -0.2) is 13.6 Å². The third-order valence-electron chi connectivity index (χ3n) is 8.47. The number of halogens is 2. The van der Waals surface area contributed by atoms with Crippen LogP contribution in [0.5, 0.6) is 0 Å². The van der Waals surface area contributed by atoms with Gasteiger partial charge < -0.3 is 24.4 Å². The standard InChI is InChI=1S/C20H29FO4.C17H31FO2.C4H8.H2P2S/c1-5-9-17(22)18(23)19(16(21)12-14(4)13(2)3)25-20(24)15-10-7-6-8-11-15;1-8-9-15-16(20-17(6,7)19-15)13(5)14(18)10-12(4)11(2)3;1-4(2)3;1-2-3/h6-8,10-14,17-19,22-23H,5,9H2,1-4H3;10-13,15-16H,8-9H2,1-7H3;1H2,2-3H3;1H2/p+1/b16-12+;14-10+;;/t14-,17+,18+,19?;12-,13?,15+,16-;;/m01../s1/i/hT. The summed E-state index contributed by atoms with van der Waals surface area (Å²) < 4.78 is 52.7. The van der Waals surface area contributed by atoms with Gasteiger partial charge in [-0.1, -0.05) is 98.9 Å². The molecule has 0 aromatic heterocycles. The molecular weight excluding hydrogens is 720 g/mol. The van der Waals surface area contributed by atoms with Crippen molar-refractivity contribution in [1.29, 1.82) is 1.28 Å². The fraction of sp³-hybridized carbons (Fsp3) is 0.683. The molecule has 1 aliphatic rings. The summed E-state index contributed by atoms with van der Waals surface area (Å²) in [5, 5.41) is 20.3. The van der Waals surface area contributed by atoms with E-state index in [0.717, 1.165) is 12.8 Å². The molecule has 1 heterocycles. The van der Waals surface area contributed by atoms with E-state index in [-0.39, 0.29) is 53.7 Å². The second kappa shape index (κ2) is 28.0. The van der Waals surface area contributed by atoms with E-state index in [1.807, 2.05) is 62.3 Å². The molecule has 10 atom stereocenters. The lowest BCUT2D eigenvalue weighted by atomic mass is 9.91. The first-order valence-electron chi connectivity index (χ1n) is 18.9. The smallest absolute Gasteiger partial charge is 0.355 e. The zero-order chi connectivity index (χ0) is 41.6. The van der Waals surface area contributed by atoms with Gasteiger partial charge in [0.1, 0.15) is 17.8 Å². The van der Waals surface area contributed by atoms with Gasteiger partial charge in [0.2, 0.25) is 0 Å². The van der Waals surface area contributed by atoms with E-state index in [0.29, 0.717) is 12.3 Å². The summed E-state index contributed by atoms with van der Waals surface area (Å²) in [6.45, 7) is 28.3. The van der Waals surface area contributed by atoms with Crippen LogP contribution in [0.15, 0.2) is 66.3 Å². The lowest BCUT2D eigenvalue weighted by Crippen LogP contribution is -2.41. The lowest BCUT2D eigenvalue weighted by molar-refractivity contribution is -0.149. The van der Waals surface area contributed by atoms with E-state index in [1.54, 1.807) is 36.4 Å². The van der Waals surface area contributed by atoms with Gasteiger partial charge in [-0.2, -0.15) is 0 Å². The van der Waals surface area contributed by atoms with Gasteiger partial charge in [-0.15, -0.1) is 6.58 Å². The van der Waals surface area contributed by atoms with Gasteiger partial charge in [-0.3, -0.25) is 0 Å². The quantitative estimate of drug-likeness (QED) is 0.104. The Labute approximate surface area is 325 Å². The highest BCUT2D eigenvalue weighted by Crippen LogP contribution is 2.37. The van der Waals surface area contributed by atoms with Crippen LogP contribution in [0.2, 0.25) is 0 Å². The number of aliphatic hydroxyl groups excluding tert-OH is 2. The Morgan fingerprint density at radius 2 is 1.46 bits per heavy atom. The van der Waals surface area contributed by atoms with Crippen molar-refractivity contribution < 1.29 is 38.0 Å². The van der Waals surface area contributed by atoms with E-state index in [1.165, 1.54) is 11.6 Å². The highest BCUT2D eigenvalue weighted by molar-refractivity contribution is 8.24. The second-order valence-corrected chi connectivity index (χ2v) is 17.6. The Bertz CT molecular complexity index is 1240. The molecule has 1 aromatic carbocycles. The van der Waals surface area contributed by atoms with Crippen LogP contribution in [-0.4, -0.2) is 53.8 Å². The average Bonchev–Trinajstić information content (AvgIpc) is 3.36. The third kappa shape index (κ3) is 22.1. The molecule has 1 fully saturated rings. The van der Waals surface area contributed by atoms with Crippen molar-refractivity contribution in [1.82, 2.24) is 0 Å². The van der Waals surface area contributed by atoms with Gasteiger partial charge >= 0.3 is 7.25 Å². The summed E-state index contributed by atoms with van der Waals surface area (Å²) in [5.74, 6) is -1.66. The van der Waals surface area contributed by atoms with Crippen molar-refractivity contribution in [2.75, 3.05) is 0 Å². The fourth-order valence-electron chi connectivity index (χ4n) is 4.80. The van der Waals surface area contributed by atoms with Gasteiger partial charge in [0.25, 0.3) is 0 Å². The van der Waals surface area contributed by atoms with Gasteiger partial charge in [0.05, 0.1) is 32.8 Å². The highest BCUT2D eigenvalue weighted by Gasteiger charge is 2.44. The van der Waals surface area contributed by atoms with Crippen molar-refractivity contribution in [2.24, 2.45) is 29.6 Å². The zero-order valence-corrected chi connectivity index (χ0v) is 36.9. The van der Waals surface area contributed by atoms with Gasteiger partial charge in [-0.05, 0) is 88.5 Å². The Kier molecular flexibility index (Phi) is 27.3. The van der Waals surface area contributed by atoms with Crippen LogP contribution in [0.4, 0.5) is 8.78 Å². The van der Waals surface area contributed by atoms with Gasteiger partial charge in [0, 0.05) is 5.92 Å². The number of allylic oxidation sites excluding steroid dienone is 3. The monoisotopic (exact) mass is 793 g/mol. The van der Waals surface area contributed by atoms with E-state index in [4.69, 9.17) is 15.5 Å². The van der Waals surface area contributed by atoms with Crippen molar-refractivity contribution in [3.8, 4) is 0 Å². The maximum absolute atomic E-state index is 14.7. The number of esters is 1. The molecule has 0 saturated carbocycles. The second-order valence-electron chi connectivity index (χ2n) is 14.9. The fourth-order valence-corrected chi connectivity index (χ4v) is 4.80. The zero-order valence-electron chi connectivity index (χ0n) is 35.1. The Hall–Kier alpha value is -1.44. The normalized spacial score (nSPS) is 21.0. The first-order valence-corrected chi connectivity index (χ1v) is 22.0. The maximum Gasteiger partial charge on any atom is 0.355 e. The molecule has 0 bridgehead atoms. The molecule has 0 spiro atoms. The number of rotatable bonds is 15. The van der Waals surface area contributed by atoms with Crippen LogP contribution in [0.3, 0.4) is 0 Å². The molecule has 1 aliphatic heterocycles. The summed E-state index contributed by atoms with van der Waals surface area (Å²) in [7, 11) is 2.20. The van der Waals surface area contributed by atoms with Crippen LogP contribution in [-0.2, 0) is 26.0 Å². The summed E-state index contributed by atoms with van der Waals surface area (Å²) in [5.41, 5.74) is 1.43. The number of ether oxygens (including phenoxy) is 3. The molecule has 0 aliphatic carbocycles. The van der Waals surface area contributed by atoms with Crippen LogP contribution in [0.25, 0.3) is 0 Å². The summed E-state index contributed by atoms with van der Waals surface area (Å²) >= 11 is 4.31. The Morgan fingerprint density at radius 1 is 1.00 bits per heavy atom. The molecule has 11 heteroatoms. The molecule has 0 radical (unpaired) electrons.